The lowest BCUT2D eigenvalue weighted by molar-refractivity contribution is -0.128. The number of hydrogen-bond acceptors (Lipinski definition) is 4. The standard InChI is InChI=1S/C21H36N4O3.HI/c1-7-28-18-15-16(10-11-17(18)27-6)9-8-12-24-20(22-5)25-14-13-23-19(26)21(2,3)4;/h10-11,15H,7-9,12-14H2,1-6H3,(H,23,26)(H2,22,24,25);1H. The first-order valence-corrected chi connectivity index (χ1v) is 9.84. The van der Waals surface area contributed by atoms with Crippen molar-refractivity contribution in [2.24, 2.45) is 10.4 Å². The first-order valence-electron chi connectivity index (χ1n) is 9.84. The van der Waals surface area contributed by atoms with Crippen LogP contribution in [0.2, 0.25) is 0 Å². The van der Waals surface area contributed by atoms with E-state index < -0.39 is 0 Å². The molecule has 0 saturated heterocycles. The van der Waals surface area contributed by atoms with Gasteiger partial charge in [-0.25, -0.2) is 0 Å². The van der Waals surface area contributed by atoms with Crippen molar-refractivity contribution in [2.75, 3.05) is 40.4 Å². The molecule has 0 spiro atoms. The first kappa shape index (κ1) is 27.3. The Labute approximate surface area is 192 Å². The summed E-state index contributed by atoms with van der Waals surface area (Å²) in [6, 6.07) is 6.04. The van der Waals surface area contributed by atoms with Crippen molar-refractivity contribution in [3.8, 4) is 11.5 Å². The number of aryl methyl sites for hydroxylation is 1. The molecule has 0 radical (unpaired) electrons. The van der Waals surface area contributed by atoms with Gasteiger partial charge in [-0.05, 0) is 37.5 Å². The smallest absolute Gasteiger partial charge is 0.225 e. The highest BCUT2D eigenvalue weighted by molar-refractivity contribution is 14.0. The number of aliphatic imine (C=N–C) groups is 1. The summed E-state index contributed by atoms with van der Waals surface area (Å²) in [5.74, 6) is 2.31. The van der Waals surface area contributed by atoms with E-state index in [4.69, 9.17) is 9.47 Å². The lowest BCUT2D eigenvalue weighted by atomic mass is 9.96. The molecule has 1 aromatic rings. The number of hydrogen-bond donors (Lipinski definition) is 3. The highest BCUT2D eigenvalue weighted by Gasteiger charge is 2.20. The maximum absolute atomic E-state index is 11.8. The summed E-state index contributed by atoms with van der Waals surface area (Å²) in [7, 11) is 3.38. The van der Waals surface area contributed by atoms with Crippen molar-refractivity contribution in [3.63, 3.8) is 0 Å². The Hall–Kier alpha value is -1.71. The molecule has 0 aromatic heterocycles. The minimum Gasteiger partial charge on any atom is -0.493 e. The van der Waals surface area contributed by atoms with Gasteiger partial charge < -0.3 is 25.4 Å². The molecule has 0 aliphatic heterocycles. The Bertz CT molecular complexity index is 645. The Morgan fingerprint density at radius 2 is 1.72 bits per heavy atom. The Balaban J connectivity index is 0.00000784. The second kappa shape index (κ2) is 14.3. The summed E-state index contributed by atoms with van der Waals surface area (Å²) in [5.41, 5.74) is 0.836. The van der Waals surface area contributed by atoms with Crippen LogP contribution in [0.5, 0.6) is 11.5 Å². The van der Waals surface area contributed by atoms with E-state index in [0.29, 0.717) is 19.7 Å². The molecule has 0 bridgehead atoms. The van der Waals surface area contributed by atoms with Gasteiger partial charge in [0.1, 0.15) is 0 Å². The van der Waals surface area contributed by atoms with Crippen LogP contribution in [0.25, 0.3) is 0 Å². The van der Waals surface area contributed by atoms with Crippen LogP contribution in [0.15, 0.2) is 23.2 Å². The summed E-state index contributed by atoms with van der Waals surface area (Å²) >= 11 is 0. The molecular formula is C21H37IN4O3. The van der Waals surface area contributed by atoms with Gasteiger partial charge in [-0.1, -0.05) is 26.8 Å². The van der Waals surface area contributed by atoms with Crippen LogP contribution in [0.4, 0.5) is 0 Å². The van der Waals surface area contributed by atoms with E-state index in [0.717, 1.165) is 36.8 Å². The number of methoxy groups -OCH3 is 1. The van der Waals surface area contributed by atoms with Crippen molar-refractivity contribution in [2.45, 2.75) is 40.5 Å². The molecule has 8 heteroatoms. The number of nitrogens with zero attached hydrogens (tertiary/aromatic N) is 1. The molecule has 0 aliphatic carbocycles. The maximum Gasteiger partial charge on any atom is 0.225 e. The van der Waals surface area contributed by atoms with E-state index >= 15 is 0 Å². The number of ether oxygens (including phenoxy) is 2. The van der Waals surface area contributed by atoms with Gasteiger partial charge in [0.25, 0.3) is 0 Å². The maximum atomic E-state index is 11.8. The van der Waals surface area contributed by atoms with E-state index in [2.05, 4.69) is 27.0 Å². The van der Waals surface area contributed by atoms with Crippen LogP contribution < -0.4 is 25.4 Å². The minimum absolute atomic E-state index is 0. The number of rotatable bonds is 10. The van der Waals surface area contributed by atoms with E-state index in [1.54, 1.807) is 14.2 Å². The molecule has 0 unspecified atom stereocenters. The number of nitrogens with one attached hydrogen (secondary N) is 3. The third-order valence-corrected chi connectivity index (χ3v) is 4.07. The van der Waals surface area contributed by atoms with E-state index in [1.807, 2.05) is 39.8 Å². The summed E-state index contributed by atoms with van der Waals surface area (Å²) in [4.78, 5) is 16.0. The molecular weight excluding hydrogens is 483 g/mol. The van der Waals surface area contributed by atoms with Crippen LogP contribution in [0, 0.1) is 5.41 Å². The summed E-state index contributed by atoms with van der Waals surface area (Å²) < 4.78 is 10.9. The highest BCUT2D eigenvalue weighted by atomic mass is 127. The lowest BCUT2D eigenvalue weighted by Gasteiger charge is -2.18. The highest BCUT2D eigenvalue weighted by Crippen LogP contribution is 2.28. The van der Waals surface area contributed by atoms with Crippen LogP contribution in [-0.2, 0) is 11.2 Å². The number of halogens is 1. The van der Waals surface area contributed by atoms with Crippen molar-refractivity contribution in [3.05, 3.63) is 23.8 Å². The number of guanidine groups is 1. The molecule has 7 nitrogen and oxygen atoms in total. The molecule has 166 valence electrons. The van der Waals surface area contributed by atoms with Crippen molar-refractivity contribution >= 4 is 35.8 Å². The van der Waals surface area contributed by atoms with Gasteiger partial charge >= 0.3 is 0 Å². The van der Waals surface area contributed by atoms with Crippen molar-refractivity contribution < 1.29 is 14.3 Å². The van der Waals surface area contributed by atoms with Gasteiger partial charge in [0.05, 0.1) is 13.7 Å². The van der Waals surface area contributed by atoms with E-state index in [-0.39, 0.29) is 35.3 Å². The molecule has 0 fully saturated rings. The average Bonchev–Trinajstić information content (AvgIpc) is 2.66. The van der Waals surface area contributed by atoms with Crippen molar-refractivity contribution in [1.29, 1.82) is 0 Å². The number of amides is 1. The Kier molecular flexibility index (Phi) is 13.5. The lowest BCUT2D eigenvalue weighted by Crippen LogP contribution is -2.43. The predicted octanol–water partition coefficient (Wildman–Crippen LogP) is 2.97. The molecule has 1 aromatic carbocycles. The summed E-state index contributed by atoms with van der Waals surface area (Å²) in [5, 5.41) is 9.40. The van der Waals surface area contributed by atoms with Crippen molar-refractivity contribution in [1.82, 2.24) is 16.0 Å². The van der Waals surface area contributed by atoms with Gasteiger partial charge in [0.15, 0.2) is 17.5 Å². The summed E-state index contributed by atoms with van der Waals surface area (Å²) in [6.07, 6.45) is 1.88. The first-order chi connectivity index (χ1) is 13.3. The average molecular weight is 520 g/mol. The zero-order valence-corrected chi connectivity index (χ0v) is 20.9. The molecule has 29 heavy (non-hydrogen) atoms. The van der Waals surface area contributed by atoms with Gasteiger partial charge in [-0.3, -0.25) is 9.79 Å². The fraction of sp³-hybridized carbons (Fsp3) is 0.619. The molecule has 0 saturated carbocycles. The van der Waals surface area contributed by atoms with Gasteiger partial charge in [0, 0.05) is 32.1 Å². The Morgan fingerprint density at radius 1 is 1.07 bits per heavy atom. The monoisotopic (exact) mass is 520 g/mol. The fourth-order valence-corrected chi connectivity index (χ4v) is 2.49. The third-order valence-electron chi connectivity index (χ3n) is 4.07. The van der Waals surface area contributed by atoms with E-state index in [9.17, 15) is 4.79 Å². The number of carbonyl (C=O) groups is 1. The number of carbonyl (C=O) groups excluding carboxylic acids is 1. The SMILES string of the molecule is CCOc1cc(CCCNC(=NC)NCCNC(=O)C(C)(C)C)ccc1OC.I. The topological polar surface area (TPSA) is 84.0 Å². The molecule has 1 amide bonds. The van der Waals surface area contributed by atoms with E-state index in [1.165, 1.54) is 5.56 Å². The third kappa shape index (κ3) is 10.6. The second-order valence-electron chi connectivity index (χ2n) is 7.45. The zero-order chi connectivity index (χ0) is 21.0. The largest absolute Gasteiger partial charge is 0.493 e. The van der Waals surface area contributed by atoms with Crippen LogP contribution in [-0.4, -0.2) is 52.3 Å². The van der Waals surface area contributed by atoms with Crippen LogP contribution in [0.3, 0.4) is 0 Å². The Morgan fingerprint density at radius 3 is 2.31 bits per heavy atom. The van der Waals surface area contributed by atoms with Gasteiger partial charge in [0.2, 0.25) is 5.91 Å². The van der Waals surface area contributed by atoms with Gasteiger partial charge in [-0.2, -0.15) is 0 Å². The zero-order valence-electron chi connectivity index (χ0n) is 18.6. The fourth-order valence-electron chi connectivity index (χ4n) is 2.49. The van der Waals surface area contributed by atoms with Crippen LogP contribution in [0.1, 0.15) is 39.7 Å². The molecule has 0 aliphatic rings. The molecule has 1 rings (SSSR count). The molecule has 3 N–H and O–H groups in total. The normalized spacial score (nSPS) is 11.3. The second-order valence-corrected chi connectivity index (χ2v) is 7.45. The predicted molar refractivity (Wildman–Crippen MR) is 130 cm³/mol. The molecule has 0 heterocycles. The quantitative estimate of drug-likeness (QED) is 0.191. The summed E-state index contributed by atoms with van der Waals surface area (Å²) in [6.45, 7) is 10.2. The minimum atomic E-state index is -0.372. The molecule has 0 atom stereocenters. The van der Waals surface area contributed by atoms with Gasteiger partial charge in [-0.15, -0.1) is 24.0 Å². The van der Waals surface area contributed by atoms with Crippen LogP contribution >= 0.6 is 24.0 Å². The number of benzene rings is 1.